The van der Waals surface area contributed by atoms with E-state index in [0.717, 1.165) is 21.4 Å². The van der Waals surface area contributed by atoms with Crippen LogP contribution in [0.15, 0.2) is 35.5 Å². The number of benzene rings is 1. The third kappa shape index (κ3) is 4.66. The van der Waals surface area contributed by atoms with Crippen LogP contribution in [0.3, 0.4) is 0 Å². The predicted octanol–water partition coefficient (Wildman–Crippen LogP) is 0.671. The number of nitrogens with one attached hydrogen (secondary N) is 2. The number of hydrogen-bond donors (Lipinski definition) is 2. The van der Waals surface area contributed by atoms with Gasteiger partial charge in [-0.1, -0.05) is 6.07 Å². The SMILES string of the molecule is COCCNC(=O)NC(=O)Cn1cnc2c(cnn2-c2cc(C)cc(C)c2)c1=O. The summed E-state index contributed by atoms with van der Waals surface area (Å²) in [5.74, 6) is -0.634. The van der Waals surface area contributed by atoms with Crippen molar-refractivity contribution in [3.8, 4) is 5.69 Å². The molecule has 3 aromatic rings. The van der Waals surface area contributed by atoms with Gasteiger partial charge in [-0.25, -0.2) is 14.5 Å². The molecule has 3 amide bonds. The molecule has 0 fully saturated rings. The third-order valence-electron chi connectivity index (χ3n) is 4.16. The number of methoxy groups -OCH3 is 1. The van der Waals surface area contributed by atoms with E-state index in [0.29, 0.717) is 12.3 Å². The van der Waals surface area contributed by atoms with E-state index in [1.165, 1.54) is 19.6 Å². The molecule has 29 heavy (non-hydrogen) atoms. The van der Waals surface area contributed by atoms with Crippen molar-refractivity contribution in [2.24, 2.45) is 0 Å². The smallest absolute Gasteiger partial charge is 0.321 e. The number of urea groups is 1. The molecular weight excluding hydrogens is 376 g/mol. The maximum atomic E-state index is 12.7. The number of fused-ring (bicyclic) bond motifs is 1. The van der Waals surface area contributed by atoms with E-state index in [9.17, 15) is 14.4 Å². The molecule has 2 heterocycles. The minimum Gasteiger partial charge on any atom is -0.383 e. The number of carbonyl (C=O) groups excluding carboxylic acids is 2. The molecule has 0 saturated heterocycles. The fourth-order valence-corrected chi connectivity index (χ4v) is 2.95. The Labute approximate surface area is 166 Å². The van der Waals surface area contributed by atoms with E-state index in [-0.39, 0.29) is 18.5 Å². The summed E-state index contributed by atoms with van der Waals surface area (Å²) in [4.78, 5) is 40.7. The summed E-state index contributed by atoms with van der Waals surface area (Å²) >= 11 is 0. The zero-order valence-corrected chi connectivity index (χ0v) is 16.4. The highest BCUT2D eigenvalue weighted by Gasteiger charge is 2.14. The fraction of sp³-hybridized carbons (Fsp3) is 0.316. The van der Waals surface area contributed by atoms with E-state index in [2.05, 4.69) is 20.7 Å². The molecule has 10 heteroatoms. The van der Waals surface area contributed by atoms with E-state index < -0.39 is 17.5 Å². The van der Waals surface area contributed by atoms with Gasteiger partial charge in [-0.3, -0.25) is 19.5 Å². The van der Waals surface area contributed by atoms with Gasteiger partial charge in [0, 0.05) is 13.7 Å². The summed E-state index contributed by atoms with van der Waals surface area (Å²) in [6.07, 6.45) is 2.70. The monoisotopic (exact) mass is 398 g/mol. The average Bonchev–Trinajstić information content (AvgIpc) is 3.08. The summed E-state index contributed by atoms with van der Waals surface area (Å²) < 4.78 is 7.53. The van der Waals surface area contributed by atoms with Gasteiger partial charge in [0.25, 0.3) is 5.56 Å². The molecule has 0 saturated carbocycles. The van der Waals surface area contributed by atoms with Crippen molar-refractivity contribution in [1.82, 2.24) is 30.0 Å². The first-order valence-electron chi connectivity index (χ1n) is 8.97. The molecule has 2 N–H and O–H groups in total. The average molecular weight is 398 g/mol. The van der Waals surface area contributed by atoms with Crippen molar-refractivity contribution in [3.63, 3.8) is 0 Å². The Morgan fingerprint density at radius 2 is 1.90 bits per heavy atom. The topological polar surface area (TPSA) is 120 Å². The van der Waals surface area contributed by atoms with E-state index in [4.69, 9.17) is 4.74 Å². The minimum atomic E-state index is -0.656. The summed E-state index contributed by atoms with van der Waals surface area (Å²) in [5.41, 5.74) is 2.91. The Morgan fingerprint density at radius 1 is 1.17 bits per heavy atom. The molecular formula is C19H22N6O4. The van der Waals surface area contributed by atoms with E-state index >= 15 is 0 Å². The fourth-order valence-electron chi connectivity index (χ4n) is 2.95. The zero-order valence-electron chi connectivity index (χ0n) is 16.4. The van der Waals surface area contributed by atoms with Crippen molar-refractivity contribution in [2.45, 2.75) is 20.4 Å². The molecule has 0 aliphatic heterocycles. The van der Waals surface area contributed by atoms with Gasteiger partial charge in [-0.05, 0) is 37.1 Å². The second-order valence-electron chi connectivity index (χ2n) is 6.61. The Kier molecular flexibility index (Phi) is 6.03. The molecule has 0 aliphatic carbocycles. The Balaban J connectivity index is 1.80. The Bertz CT molecular complexity index is 1100. The van der Waals surface area contributed by atoms with Gasteiger partial charge in [0.05, 0.1) is 18.5 Å². The van der Waals surface area contributed by atoms with Gasteiger partial charge in [0.15, 0.2) is 5.65 Å². The molecule has 3 rings (SSSR count). The predicted molar refractivity (Wildman–Crippen MR) is 106 cm³/mol. The number of imide groups is 1. The first-order valence-corrected chi connectivity index (χ1v) is 8.97. The molecule has 0 unspecified atom stereocenters. The lowest BCUT2D eigenvalue weighted by Gasteiger charge is -2.08. The minimum absolute atomic E-state index is 0.265. The standard InChI is InChI=1S/C19H22N6O4/c1-12-6-13(2)8-14(7-12)25-17-15(9-22-25)18(27)24(11-21-17)10-16(26)23-19(28)20-4-5-29-3/h6-9,11H,4-5,10H2,1-3H3,(H2,20,23,26,28). The second-order valence-corrected chi connectivity index (χ2v) is 6.61. The van der Waals surface area contributed by atoms with Crippen molar-refractivity contribution in [3.05, 3.63) is 52.2 Å². The number of aryl methyl sites for hydroxylation is 2. The van der Waals surface area contributed by atoms with Gasteiger partial charge in [0.2, 0.25) is 5.91 Å². The van der Waals surface area contributed by atoms with Crippen LogP contribution in [-0.2, 0) is 16.1 Å². The molecule has 0 atom stereocenters. The van der Waals surface area contributed by atoms with Crippen molar-refractivity contribution < 1.29 is 14.3 Å². The Hall–Kier alpha value is -3.53. The van der Waals surface area contributed by atoms with Gasteiger partial charge < -0.3 is 10.1 Å². The molecule has 152 valence electrons. The number of rotatable bonds is 6. The highest BCUT2D eigenvalue weighted by Crippen LogP contribution is 2.16. The molecule has 10 nitrogen and oxygen atoms in total. The number of nitrogens with zero attached hydrogens (tertiary/aromatic N) is 4. The van der Waals surface area contributed by atoms with Crippen LogP contribution in [0.2, 0.25) is 0 Å². The Morgan fingerprint density at radius 3 is 2.59 bits per heavy atom. The summed E-state index contributed by atoms with van der Waals surface area (Å²) in [6.45, 7) is 4.21. The van der Waals surface area contributed by atoms with Gasteiger partial charge in [-0.2, -0.15) is 5.10 Å². The zero-order chi connectivity index (χ0) is 21.0. The summed E-state index contributed by atoms with van der Waals surface area (Å²) in [5, 5.41) is 9.18. The summed E-state index contributed by atoms with van der Waals surface area (Å²) in [6, 6.07) is 5.28. The first kappa shape index (κ1) is 20.2. The lowest BCUT2D eigenvalue weighted by Crippen LogP contribution is -2.43. The highest BCUT2D eigenvalue weighted by molar-refractivity contribution is 5.94. The van der Waals surface area contributed by atoms with Crippen LogP contribution >= 0.6 is 0 Å². The van der Waals surface area contributed by atoms with Gasteiger partial charge >= 0.3 is 6.03 Å². The molecule has 0 spiro atoms. The number of amides is 3. The van der Waals surface area contributed by atoms with Crippen molar-refractivity contribution in [2.75, 3.05) is 20.3 Å². The lowest BCUT2D eigenvalue weighted by molar-refractivity contribution is -0.120. The van der Waals surface area contributed by atoms with Crippen LogP contribution in [0.25, 0.3) is 16.7 Å². The van der Waals surface area contributed by atoms with Crippen LogP contribution in [0.5, 0.6) is 0 Å². The van der Waals surface area contributed by atoms with Crippen LogP contribution < -0.4 is 16.2 Å². The van der Waals surface area contributed by atoms with Crippen LogP contribution in [-0.4, -0.2) is 51.5 Å². The van der Waals surface area contributed by atoms with Crippen LogP contribution in [0.4, 0.5) is 4.79 Å². The molecule has 0 bridgehead atoms. The quantitative estimate of drug-likeness (QED) is 0.589. The van der Waals surface area contributed by atoms with Gasteiger partial charge in [-0.15, -0.1) is 0 Å². The third-order valence-corrected chi connectivity index (χ3v) is 4.16. The maximum absolute atomic E-state index is 12.7. The highest BCUT2D eigenvalue weighted by atomic mass is 16.5. The molecule has 0 aliphatic rings. The molecule has 0 radical (unpaired) electrons. The molecule has 2 aromatic heterocycles. The number of carbonyl (C=O) groups is 2. The summed E-state index contributed by atoms with van der Waals surface area (Å²) in [7, 11) is 1.50. The van der Waals surface area contributed by atoms with Crippen molar-refractivity contribution >= 4 is 23.0 Å². The molecule has 1 aromatic carbocycles. The number of ether oxygens (including phenoxy) is 1. The number of aromatic nitrogens is 4. The number of hydrogen-bond acceptors (Lipinski definition) is 6. The van der Waals surface area contributed by atoms with Crippen LogP contribution in [0, 0.1) is 13.8 Å². The lowest BCUT2D eigenvalue weighted by atomic mass is 10.1. The van der Waals surface area contributed by atoms with E-state index in [1.54, 1.807) is 4.68 Å². The van der Waals surface area contributed by atoms with E-state index in [1.807, 2.05) is 32.0 Å². The first-order chi connectivity index (χ1) is 13.9. The maximum Gasteiger partial charge on any atom is 0.321 e. The normalized spacial score (nSPS) is 10.9. The van der Waals surface area contributed by atoms with Gasteiger partial charge in [0.1, 0.15) is 18.3 Å². The van der Waals surface area contributed by atoms with Crippen LogP contribution in [0.1, 0.15) is 11.1 Å². The largest absolute Gasteiger partial charge is 0.383 e. The van der Waals surface area contributed by atoms with Crippen molar-refractivity contribution in [1.29, 1.82) is 0 Å². The second kappa shape index (κ2) is 8.65.